The lowest BCUT2D eigenvalue weighted by Crippen LogP contribution is -2.46. The first-order valence-corrected chi connectivity index (χ1v) is 8.19. The fourth-order valence-corrected chi connectivity index (χ4v) is 3.20. The summed E-state index contributed by atoms with van der Waals surface area (Å²) in [5.74, 6) is 0.114. The highest BCUT2D eigenvalue weighted by atomic mass is 35.5. The molecular weight excluding hydrogens is 314 g/mol. The van der Waals surface area contributed by atoms with Crippen molar-refractivity contribution < 1.29 is 9.90 Å². The first kappa shape index (κ1) is 16.0. The molecule has 1 amide bonds. The zero-order valence-electron chi connectivity index (χ0n) is 13.0. The Balaban J connectivity index is 1.82. The topological polar surface area (TPSA) is 58.4 Å². The maximum absolute atomic E-state index is 12.8. The van der Waals surface area contributed by atoms with Gasteiger partial charge in [-0.05, 0) is 37.8 Å². The molecule has 1 saturated heterocycles. The first-order valence-electron chi connectivity index (χ1n) is 7.81. The molecule has 0 bridgehead atoms. The summed E-state index contributed by atoms with van der Waals surface area (Å²) in [6, 6.07) is 7.55. The summed E-state index contributed by atoms with van der Waals surface area (Å²) in [4.78, 5) is 14.6. The molecule has 0 radical (unpaired) electrons. The van der Waals surface area contributed by atoms with Crippen LogP contribution >= 0.6 is 11.6 Å². The number of benzene rings is 1. The van der Waals surface area contributed by atoms with Crippen LogP contribution < -0.4 is 0 Å². The molecule has 122 valence electrons. The number of amides is 1. The van der Waals surface area contributed by atoms with Crippen LogP contribution in [0.4, 0.5) is 0 Å². The van der Waals surface area contributed by atoms with E-state index < -0.39 is 0 Å². The summed E-state index contributed by atoms with van der Waals surface area (Å²) in [6.07, 6.45) is 5.15. The Morgan fingerprint density at radius 1 is 1.39 bits per heavy atom. The molecule has 2 heterocycles. The third kappa shape index (κ3) is 3.26. The van der Waals surface area contributed by atoms with Gasteiger partial charge in [0, 0.05) is 25.4 Å². The van der Waals surface area contributed by atoms with Crippen LogP contribution in [0.5, 0.6) is 0 Å². The lowest BCUT2D eigenvalue weighted by atomic mass is 9.93. The van der Waals surface area contributed by atoms with Gasteiger partial charge < -0.3 is 10.0 Å². The van der Waals surface area contributed by atoms with Gasteiger partial charge in [-0.1, -0.05) is 23.7 Å². The number of aliphatic hydroxyl groups excluding tert-OH is 1. The van der Waals surface area contributed by atoms with Crippen LogP contribution in [0.25, 0.3) is 5.69 Å². The van der Waals surface area contributed by atoms with E-state index in [2.05, 4.69) is 5.10 Å². The number of rotatable bonds is 3. The second-order valence-electron chi connectivity index (χ2n) is 6.06. The second-order valence-corrected chi connectivity index (χ2v) is 6.46. The number of aromatic nitrogens is 2. The summed E-state index contributed by atoms with van der Waals surface area (Å²) in [7, 11) is 0. The Labute approximate surface area is 140 Å². The third-order valence-corrected chi connectivity index (χ3v) is 4.75. The summed E-state index contributed by atoms with van der Waals surface area (Å²) < 4.78 is 1.62. The molecule has 3 rings (SSSR count). The Morgan fingerprint density at radius 2 is 2.17 bits per heavy atom. The lowest BCUT2D eigenvalue weighted by Gasteiger charge is -2.37. The van der Waals surface area contributed by atoms with E-state index in [1.807, 2.05) is 30.0 Å². The maximum atomic E-state index is 12.8. The molecule has 1 N–H and O–H groups in total. The van der Waals surface area contributed by atoms with Crippen molar-refractivity contribution in [3.63, 3.8) is 0 Å². The van der Waals surface area contributed by atoms with Gasteiger partial charge in [0.15, 0.2) is 0 Å². The van der Waals surface area contributed by atoms with Crippen molar-refractivity contribution in [1.82, 2.24) is 14.7 Å². The number of carbonyl (C=O) groups excluding carboxylic acids is 1. The van der Waals surface area contributed by atoms with Crippen molar-refractivity contribution in [3.8, 4) is 5.69 Å². The second kappa shape index (κ2) is 6.72. The average Bonchev–Trinajstić information content (AvgIpc) is 3.05. The van der Waals surface area contributed by atoms with E-state index in [9.17, 15) is 9.90 Å². The highest BCUT2D eigenvalue weighted by molar-refractivity contribution is 6.32. The lowest BCUT2D eigenvalue weighted by molar-refractivity contribution is 0.0489. The maximum Gasteiger partial charge on any atom is 0.257 e. The monoisotopic (exact) mass is 333 g/mol. The number of para-hydroxylation sites is 1. The Morgan fingerprint density at radius 3 is 2.91 bits per heavy atom. The van der Waals surface area contributed by atoms with Gasteiger partial charge in [-0.15, -0.1) is 0 Å². The number of hydrogen-bond acceptors (Lipinski definition) is 3. The summed E-state index contributed by atoms with van der Waals surface area (Å²) in [6.45, 7) is 2.76. The highest BCUT2D eigenvalue weighted by Crippen LogP contribution is 2.24. The molecule has 6 heteroatoms. The molecule has 2 aromatic rings. The van der Waals surface area contributed by atoms with Crippen molar-refractivity contribution in [2.45, 2.75) is 25.8 Å². The Hall–Kier alpha value is -1.85. The number of likely N-dealkylation sites (tertiary alicyclic amines) is 1. The average molecular weight is 334 g/mol. The quantitative estimate of drug-likeness (QED) is 0.939. The van der Waals surface area contributed by atoms with Crippen molar-refractivity contribution >= 4 is 17.5 Å². The summed E-state index contributed by atoms with van der Waals surface area (Å²) in [5.41, 5.74) is 1.28. The third-order valence-electron chi connectivity index (χ3n) is 4.43. The molecule has 1 aliphatic rings. The molecule has 1 aromatic heterocycles. The molecule has 1 fully saturated rings. The predicted octanol–water partition coefficient (Wildman–Crippen LogP) is 2.76. The summed E-state index contributed by atoms with van der Waals surface area (Å²) in [5, 5.41) is 14.2. The standard InChI is InChI=1S/C17H20ClN3O2/c1-12-6-7-13(11-22)9-20(12)17(23)14-8-19-21(10-14)16-5-3-2-4-15(16)18/h2-5,8,10,12-13,22H,6-7,9,11H2,1H3. The molecule has 0 spiro atoms. The smallest absolute Gasteiger partial charge is 0.257 e. The van der Waals surface area contributed by atoms with Crippen LogP contribution in [0.1, 0.15) is 30.1 Å². The van der Waals surface area contributed by atoms with Gasteiger partial charge in [-0.25, -0.2) is 4.68 Å². The van der Waals surface area contributed by atoms with Crippen LogP contribution in [0.2, 0.25) is 5.02 Å². The largest absolute Gasteiger partial charge is 0.396 e. The van der Waals surface area contributed by atoms with Crippen molar-refractivity contribution in [2.75, 3.05) is 13.2 Å². The summed E-state index contributed by atoms with van der Waals surface area (Å²) >= 11 is 6.17. The normalized spacial score (nSPS) is 21.4. The van der Waals surface area contributed by atoms with E-state index in [1.54, 1.807) is 23.1 Å². The molecule has 2 atom stereocenters. The minimum Gasteiger partial charge on any atom is -0.396 e. The Kier molecular flexibility index (Phi) is 4.68. The first-order chi connectivity index (χ1) is 11.1. The van der Waals surface area contributed by atoms with Crippen molar-refractivity contribution in [1.29, 1.82) is 0 Å². The fourth-order valence-electron chi connectivity index (χ4n) is 2.98. The molecule has 1 aromatic carbocycles. The minimum atomic E-state index is -0.0473. The molecular formula is C17H20ClN3O2. The van der Waals surface area contributed by atoms with E-state index in [-0.39, 0.29) is 24.5 Å². The molecule has 0 aliphatic carbocycles. The van der Waals surface area contributed by atoms with E-state index >= 15 is 0 Å². The zero-order valence-corrected chi connectivity index (χ0v) is 13.8. The number of nitrogens with zero attached hydrogens (tertiary/aromatic N) is 3. The van der Waals surface area contributed by atoms with Crippen molar-refractivity contribution in [3.05, 3.63) is 47.2 Å². The van der Waals surface area contributed by atoms with Crippen LogP contribution in [0.15, 0.2) is 36.7 Å². The van der Waals surface area contributed by atoms with Gasteiger partial charge in [-0.3, -0.25) is 4.79 Å². The van der Waals surface area contributed by atoms with Gasteiger partial charge >= 0.3 is 0 Å². The number of aliphatic hydroxyl groups is 1. The number of piperidine rings is 1. The van der Waals surface area contributed by atoms with Crippen LogP contribution in [0.3, 0.4) is 0 Å². The molecule has 2 unspecified atom stereocenters. The number of carbonyl (C=O) groups is 1. The van der Waals surface area contributed by atoms with Gasteiger partial charge in [-0.2, -0.15) is 5.10 Å². The fraction of sp³-hybridized carbons (Fsp3) is 0.412. The van der Waals surface area contributed by atoms with E-state index in [4.69, 9.17) is 11.6 Å². The van der Waals surface area contributed by atoms with Gasteiger partial charge in [0.2, 0.25) is 0 Å². The van der Waals surface area contributed by atoms with Gasteiger partial charge in [0.05, 0.1) is 22.5 Å². The number of hydrogen-bond donors (Lipinski definition) is 1. The Bertz CT molecular complexity index is 701. The SMILES string of the molecule is CC1CCC(CO)CN1C(=O)c1cnn(-c2ccccc2Cl)c1. The van der Waals surface area contributed by atoms with Gasteiger partial charge in [0.1, 0.15) is 0 Å². The zero-order chi connectivity index (χ0) is 16.4. The molecule has 1 aliphatic heterocycles. The van der Waals surface area contributed by atoms with Crippen LogP contribution in [-0.4, -0.2) is 44.9 Å². The molecule has 0 saturated carbocycles. The van der Waals surface area contributed by atoms with E-state index in [0.717, 1.165) is 18.5 Å². The molecule has 5 nitrogen and oxygen atoms in total. The predicted molar refractivity (Wildman–Crippen MR) is 88.9 cm³/mol. The highest BCUT2D eigenvalue weighted by Gasteiger charge is 2.29. The van der Waals surface area contributed by atoms with Crippen molar-refractivity contribution in [2.24, 2.45) is 5.92 Å². The number of halogens is 1. The van der Waals surface area contributed by atoms with Crippen LogP contribution in [0, 0.1) is 5.92 Å². The van der Waals surface area contributed by atoms with E-state index in [0.29, 0.717) is 17.1 Å². The van der Waals surface area contributed by atoms with E-state index in [1.165, 1.54) is 0 Å². The van der Waals surface area contributed by atoms with Gasteiger partial charge in [0.25, 0.3) is 5.91 Å². The molecule has 23 heavy (non-hydrogen) atoms. The van der Waals surface area contributed by atoms with Crippen LogP contribution in [-0.2, 0) is 0 Å². The minimum absolute atomic E-state index is 0.0473.